The van der Waals surface area contributed by atoms with Crippen LogP contribution in [0.5, 0.6) is 0 Å². The molecule has 4 rings (SSSR count). The van der Waals surface area contributed by atoms with E-state index in [1.54, 1.807) is 5.57 Å². The van der Waals surface area contributed by atoms with Crippen LogP contribution in [0.4, 0.5) is 0 Å². The fourth-order valence-corrected chi connectivity index (χ4v) is 6.22. The Morgan fingerprint density at radius 3 is 2.69 bits per heavy atom. The molecule has 0 heterocycles. The van der Waals surface area contributed by atoms with Gasteiger partial charge in [0.15, 0.2) is 0 Å². The van der Waals surface area contributed by atoms with Gasteiger partial charge in [-0.1, -0.05) is 83.4 Å². The molecule has 4 aliphatic rings. The number of allylic oxidation sites excluding steroid dienone is 11. The van der Waals surface area contributed by atoms with Crippen molar-refractivity contribution in [2.24, 2.45) is 35.5 Å². The monoisotopic (exact) mass is 458 g/mol. The summed E-state index contributed by atoms with van der Waals surface area (Å²) >= 11 is 2.57. The van der Waals surface area contributed by atoms with Crippen LogP contribution in [0.1, 0.15) is 38.5 Å². The molecule has 1 heteroatoms. The molecular weight excluding hydrogens is 427 g/mol. The molecule has 0 aromatic heterocycles. The van der Waals surface area contributed by atoms with E-state index in [9.17, 15) is 0 Å². The molecule has 0 saturated heterocycles. The molecule has 0 fully saturated rings. The van der Waals surface area contributed by atoms with Crippen LogP contribution in [0, 0.1) is 35.5 Å². The highest BCUT2D eigenvalue weighted by molar-refractivity contribution is 14.1. The summed E-state index contributed by atoms with van der Waals surface area (Å²) in [4.78, 5) is 0. The lowest BCUT2D eigenvalue weighted by Crippen LogP contribution is -2.27. The van der Waals surface area contributed by atoms with Gasteiger partial charge in [-0.25, -0.2) is 0 Å². The normalized spacial score (nSPS) is 42.5. The summed E-state index contributed by atoms with van der Waals surface area (Å²) in [5, 5.41) is 0. The highest BCUT2D eigenvalue weighted by Gasteiger charge is 2.32. The van der Waals surface area contributed by atoms with Gasteiger partial charge >= 0.3 is 0 Å². The molecule has 0 spiro atoms. The minimum Gasteiger partial charge on any atom is -0.103 e. The van der Waals surface area contributed by atoms with Crippen LogP contribution in [0.3, 0.4) is 0 Å². The molecule has 7 atom stereocenters. The van der Waals surface area contributed by atoms with Crippen molar-refractivity contribution in [3.8, 4) is 0 Å². The van der Waals surface area contributed by atoms with Crippen LogP contribution in [-0.4, -0.2) is 3.92 Å². The smallest absolute Gasteiger partial charge is 0.0295 e. The summed E-state index contributed by atoms with van der Waals surface area (Å²) in [5.41, 5.74) is 1.56. The van der Waals surface area contributed by atoms with Gasteiger partial charge in [0.05, 0.1) is 0 Å². The van der Waals surface area contributed by atoms with Crippen LogP contribution in [0.15, 0.2) is 72.9 Å². The number of alkyl halides is 1. The van der Waals surface area contributed by atoms with Crippen molar-refractivity contribution in [1.29, 1.82) is 0 Å². The predicted octanol–water partition coefficient (Wildman–Crippen LogP) is 7.22. The molecule has 4 aliphatic carbocycles. The largest absolute Gasteiger partial charge is 0.103 e. The second kappa shape index (κ2) is 8.46. The highest BCUT2D eigenvalue weighted by atomic mass is 127. The van der Waals surface area contributed by atoms with Crippen molar-refractivity contribution in [3.05, 3.63) is 72.9 Å². The van der Waals surface area contributed by atoms with Gasteiger partial charge in [-0.3, -0.25) is 0 Å². The van der Waals surface area contributed by atoms with E-state index < -0.39 is 0 Å². The molecule has 0 radical (unpaired) electrons. The fraction of sp³-hybridized carbons (Fsp3) is 0.520. The average molecular weight is 458 g/mol. The zero-order valence-corrected chi connectivity index (χ0v) is 17.8. The Kier molecular flexibility index (Phi) is 6.03. The van der Waals surface area contributed by atoms with E-state index in [1.807, 2.05) is 0 Å². The van der Waals surface area contributed by atoms with Gasteiger partial charge in [0.2, 0.25) is 0 Å². The minimum atomic E-state index is 0.633. The van der Waals surface area contributed by atoms with Gasteiger partial charge in [0.25, 0.3) is 0 Å². The molecule has 0 saturated carbocycles. The van der Waals surface area contributed by atoms with Gasteiger partial charge in [-0.05, 0) is 79.6 Å². The lowest BCUT2D eigenvalue weighted by Gasteiger charge is -2.37. The fourth-order valence-electron chi connectivity index (χ4n) is 5.39. The Bertz CT molecular complexity index is 662. The van der Waals surface area contributed by atoms with E-state index in [-0.39, 0.29) is 0 Å². The summed E-state index contributed by atoms with van der Waals surface area (Å²) < 4.78 is 0.723. The van der Waals surface area contributed by atoms with Crippen LogP contribution in [-0.2, 0) is 0 Å². The first kappa shape index (κ1) is 18.5. The zero-order valence-electron chi connectivity index (χ0n) is 15.6. The van der Waals surface area contributed by atoms with Crippen molar-refractivity contribution >= 4 is 22.6 Å². The molecule has 26 heavy (non-hydrogen) atoms. The van der Waals surface area contributed by atoms with Crippen molar-refractivity contribution in [2.75, 3.05) is 0 Å². The maximum atomic E-state index is 4.03. The van der Waals surface area contributed by atoms with E-state index in [0.717, 1.165) is 28.1 Å². The molecule has 0 bridgehead atoms. The Labute approximate surface area is 173 Å². The molecular formula is C25H31I. The summed E-state index contributed by atoms with van der Waals surface area (Å²) in [5.74, 6) is 4.32. The quantitative estimate of drug-likeness (QED) is 0.237. The van der Waals surface area contributed by atoms with E-state index >= 15 is 0 Å². The van der Waals surface area contributed by atoms with E-state index in [2.05, 4.69) is 89.9 Å². The molecule has 0 N–H and O–H groups in total. The van der Waals surface area contributed by atoms with Crippen molar-refractivity contribution in [1.82, 2.24) is 0 Å². The molecule has 0 nitrogen and oxygen atoms in total. The zero-order chi connectivity index (χ0) is 17.9. The number of hydrogen-bond donors (Lipinski definition) is 0. The first-order chi connectivity index (χ1) is 12.7. The Morgan fingerprint density at radius 1 is 0.962 bits per heavy atom. The van der Waals surface area contributed by atoms with E-state index in [4.69, 9.17) is 0 Å². The van der Waals surface area contributed by atoms with Gasteiger partial charge < -0.3 is 0 Å². The van der Waals surface area contributed by atoms with Gasteiger partial charge in [-0.15, -0.1) is 6.58 Å². The highest BCUT2D eigenvalue weighted by Crippen LogP contribution is 2.43. The minimum absolute atomic E-state index is 0.633. The summed E-state index contributed by atoms with van der Waals surface area (Å²) in [7, 11) is 0. The second-order valence-corrected chi connectivity index (χ2v) is 10.1. The standard InChI is InChI=1S/C25H31I/c1-2-5-24-20(13-12-19-6-3-4-7-25(19)24)10-8-18-9-11-22-17-23(26)15-14-21(22)16-18/h2,4,7,9-15,18-19,21-25H,1,3,5-6,8,16-17H2/b20-10-/t18?,19-,21+,22?,23+,24?,25?/m1/s1. The Hall–Kier alpha value is -0.830. The third kappa shape index (κ3) is 4.03. The topological polar surface area (TPSA) is 0 Å². The van der Waals surface area contributed by atoms with Crippen molar-refractivity contribution < 1.29 is 0 Å². The van der Waals surface area contributed by atoms with Gasteiger partial charge in [-0.2, -0.15) is 0 Å². The van der Waals surface area contributed by atoms with Crippen LogP contribution < -0.4 is 0 Å². The molecule has 0 amide bonds. The third-order valence-corrected chi connectivity index (χ3v) is 7.77. The maximum Gasteiger partial charge on any atom is 0.0295 e. The van der Waals surface area contributed by atoms with Crippen molar-refractivity contribution in [3.63, 3.8) is 0 Å². The maximum absolute atomic E-state index is 4.03. The van der Waals surface area contributed by atoms with Crippen LogP contribution in [0.25, 0.3) is 0 Å². The Morgan fingerprint density at radius 2 is 1.81 bits per heavy atom. The number of fused-ring (bicyclic) bond motifs is 2. The molecule has 0 aromatic rings. The van der Waals surface area contributed by atoms with Crippen molar-refractivity contribution in [2.45, 2.75) is 42.4 Å². The first-order valence-corrected chi connectivity index (χ1v) is 11.7. The second-order valence-electron chi connectivity index (χ2n) is 8.52. The summed E-state index contributed by atoms with van der Waals surface area (Å²) in [6.07, 6.45) is 31.9. The predicted molar refractivity (Wildman–Crippen MR) is 121 cm³/mol. The van der Waals surface area contributed by atoms with Gasteiger partial charge in [0, 0.05) is 3.92 Å². The molecule has 4 unspecified atom stereocenters. The third-order valence-electron chi connectivity index (χ3n) is 6.84. The number of halogens is 1. The average Bonchev–Trinajstić information content (AvgIpc) is 2.67. The lowest BCUT2D eigenvalue weighted by atomic mass is 9.68. The Balaban J connectivity index is 1.46. The summed E-state index contributed by atoms with van der Waals surface area (Å²) in [6.45, 7) is 4.03. The van der Waals surface area contributed by atoms with Gasteiger partial charge in [0.1, 0.15) is 0 Å². The van der Waals surface area contributed by atoms with E-state index in [1.165, 1.54) is 32.1 Å². The molecule has 138 valence electrons. The van der Waals surface area contributed by atoms with Crippen LogP contribution >= 0.6 is 22.6 Å². The van der Waals surface area contributed by atoms with Crippen LogP contribution in [0.2, 0.25) is 0 Å². The molecule has 0 aromatic carbocycles. The lowest BCUT2D eigenvalue weighted by molar-refractivity contribution is 0.322. The van der Waals surface area contributed by atoms with E-state index in [0.29, 0.717) is 17.8 Å². The first-order valence-electron chi connectivity index (χ1n) is 10.4. The summed E-state index contributed by atoms with van der Waals surface area (Å²) in [6, 6.07) is 0. The SMILES string of the molecule is C=CCC1/C(=C\CC2C=CC3C[C@@H](I)C=C[C@H]3C2)C=C[C@H]2CCC=CC12. The number of rotatable bonds is 4. The molecule has 0 aliphatic heterocycles. The number of hydrogen-bond acceptors (Lipinski definition) is 0.